The predicted octanol–water partition coefficient (Wildman–Crippen LogP) is 2.53. The topological polar surface area (TPSA) is 43.7 Å². The molecule has 4 nitrogen and oxygen atoms in total. The van der Waals surface area contributed by atoms with Gasteiger partial charge >= 0.3 is 0 Å². The molecular formula is C23H30N3O+. The Morgan fingerprint density at radius 2 is 1.78 bits per heavy atom. The Hall–Kier alpha value is -2.30. The zero-order chi connectivity index (χ0) is 19.0. The Balaban J connectivity index is 1.43. The second kappa shape index (κ2) is 7.37. The number of aromatic amines is 1. The molecule has 0 bridgehead atoms. The molecule has 0 aliphatic carbocycles. The summed E-state index contributed by atoms with van der Waals surface area (Å²) in [6.07, 6.45) is -0.427. The number of hydrogen-bond acceptors (Lipinski definition) is 2. The Labute approximate surface area is 161 Å². The lowest BCUT2D eigenvalue weighted by atomic mass is 10.0. The van der Waals surface area contributed by atoms with Crippen molar-refractivity contribution in [3.63, 3.8) is 0 Å². The van der Waals surface area contributed by atoms with Crippen LogP contribution in [0.25, 0.3) is 10.9 Å². The van der Waals surface area contributed by atoms with Crippen LogP contribution < -0.4 is 9.80 Å². The average molecular weight is 365 g/mol. The van der Waals surface area contributed by atoms with E-state index < -0.39 is 6.10 Å². The van der Waals surface area contributed by atoms with E-state index >= 15 is 0 Å². The molecule has 0 radical (unpaired) electrons. The predicted molar refractivity (Wildman–Crippen MR) is 112 cm³/mol. The van der Waals surface area contributed by atoms with Gasteiger partial charge in [-0.3, -0.25) is 0 Å². The van der Waals surface area contributed by atoms with E-state index in [1.807, 2.05) is 12.1 Å². The van der Waals surface area contributed by atoms with Gasteiger partial charge in [-0.05, 0) is 44.0 Å². The van der Waals surface area contributed by atoms with Gasteiger partial charge in [0.2, 0.25) is 0 Å². The Morgan fingerprint density at radius 3 is 2.56 bits per heavy atom. The maximum atomic E-state index is 10.9. The summed E-state index contributed by atoms with van der Waals surface area (Å²) in [4.78, 5) is 7.38. The van der Waals surface area contributed by atoms with Gasteiger partial charge in [0, 0.05) is 27.8 Å². The van der Waals surface area contributed by atoms with Crippen molar-refractivity contribution in [2.75, 3.05) is 37.6 Å². The number of aliphatic hydroxyl groups is 1. The van der Waals surface area contributed by atoms with Crippen LogP contribution in [-0.4, -0.2) is 42.8 Å². The fourth-order valence-corrected chi connectivity index (χ4v) is 4.45. The molecule has 0 amide bonds. The molecule has 27 heavy (non-hydrogen) atoms. The SMILES string of the molecule is Cc1cccc(N2CC[NH+](C[C@H](O)c3c(C)[nH]c4ccccc34)CC2)c1C. The molecule has 1 aliphatic rings. The van der Waals surface area contributed by atoms with Crippen molar-refractivity contribution in [2.24, 2.45) is 0 Å². The third kappa shape index (κ3) is 3.47. The summed E-state index contributed by atoms with van der Waals surface area (Å²) < 4.78 is 0. The van der Waals surface area contributed by atoms with Crippen LogP contribution >= 0.6 is 0 Å². The molecule has 1 atom stereocenters. The summed E-state index contributed by atoms with van der Waals surface area (Å²) in [6, 6.07) is 14.8. The third-order valence-corrected chi connectivity index (χ3v) is 6.15. The summed E-state index contributed by atoms with van der Waals surface area (Å²) in [5.74, 6) is 0. The van der Waals surface area contributed by atoms with E-state index in [1.165, 1.54) is 21.7 Å². The summed E-state index contributed by atoms with van der Waals surface area (Å²) in [6.45, 7) is 11.4. The van der Waals surface area contributed by atoms with Gasteiger partial charge in [-0.1, -0.05) is 30.3 Å². The number of aromatic nitrogens is 1. The van der Waals surface area contributed by atoms with Crippen LogP contribution in [0.1, 0.15) is 28.5 Å². The fourth-order valence-electron chi connectivity index (χ4n) is 4.45. The van der Waals surface area contributed by atoms with Crippen molar-refractivity contribution in [3.05, 3.63) is 64.8 Å². The van der Waals surface area contributed by atoms with Crippen LogP contribution in [0, 0.1) is 20.8 Å². The van der Waals surface area contributed by atoms with Gasteiger partial charge in [-0.15, -0.1) is 0 Å². The first-order valence-corrected chi connectivity index (χ1v) is 9.94. The Kier molecular flexibility index (Phi) is 4.94. The van der Waals surface area contributed by atoms with Crippen LogP contribution in [-0.2, 0) is 0 Å². The van der Waals surface area contributed by atoms with Crippen molar-refractivity contribution in [1.29, 1.82) is 0 Å². The van der Waals surface area contributed by atoms with Crippen molar-refractivity contribution in [2.45, 2.75) is 26.9 Å². The first kappa shape index (κ1) is 18.1. The lowest BCUT2D eigenvalue weighted by Crippen LogP contribution is -3.15. The molecule has 4 heteroatoms. The molecular weight excluding hydrogens is 334 g/mol. The minimum absolute atomic E-state index is 0.427. The maximum absolute atomic E-state index is 10.9. The van der Waals surface area contributed by atoms with Gasteiger partial charge in [0.25, 0.3) is 0 Å². The quantitative estimate of drug-likeness (QED) is 0.666. The van der Waals surface area contributed by atoms with E-state index in [0.717, 1.165) is 54.9 Å². The number of aliphatic hydroxyl groups excluding tert-OH is 1. The fraction of sp³-hybridized carbons (Fsp3) is 0.391. The average Bonchev–Trinajstić information content (AvgIpc) is 3.00. The maximum Gasteiger partial charge on any atom is 0.130 e. The van der Waals surface area contributed by atoms with Crippen LogP contribution in [0.5, 0.6) is 0 Å². The number of quaternary nitrogens is 1. The summed E-state index contributed by atoms with van der Waals surface area (Å²) in [5.41, 5.74) is 7.36. The summed E-state index contributed by atoms with van der Waals surface area (Å²) in [7, 11) is 0. The van der Waals surface area contributed by atoms with E-state index in [4.69, 9.17) is 0 Å². The van der Waals surface area contributed by atoms with Crippen LogP contribution in [0.4, 0.5) is 5.69 Å². The Morgan fingerprint density at radius 1 is 1.04 bits per heavy atom. The normalized spacial score (nSPS) is 16.8. The van der Waals surface area contributed by atoms with Gasteiger partial charge in [0.15, 0.2) is 0 Å². The van der Waals surface area contributed by atoms with Gasteiger partial charge < -0.3 is 19.9 Å². The first-order chi connectivity index (χ1) is 13.0. The highest BCUT2D eigenvalue weighted by molar-refractivity contribution is 5.84. The second-order valence-corrected chi connectivity index (χ2v) is 7.89. The molecule has 142 valence electrons. The molecule has 0 unspecified atom stereocenters. The smallest absolute Gasteiger partial charge is 0.130 e. The molecule has 3 aromatic rings. The molecule has 1 saturated heterocycles. The van der Waals surface area contributed by atoms with Gasteiger partial charge in [-0.25, -0.2) is 0 Å². The number of fused-ring (bicyclic) bond motifs is 1. The third-order valence-electron chi connectivity index (χ3n) is 6.15. The highest BCUT2D eigenvalue weighted by atomic mass is 16.3. The van der Waals surface area contributed by atoms with Gasteiger partial charge in [-0.2, -0.15) is 0 Å². The number of piperazine rings is 1. The molecule has 3 N–H and O–H groups in total. The van der Waals surface area contributed by atoms with Crippen molar-refractivity contribution < 1.29 is 10.0 Å². The number of anilines is 1. The van der Waals surface area contributed by atoms with E-state index in [1.54, 1.807) is 0 Å². The molecule has 1 aromatic heterocycles. The minimum atomic E-state index is -0.427. The number of para-hydroxylation sites is 1. The van der Waals surface area contributed by atoms with Crippen LogP contribution in [0.15, 0.2) is 42.5 Å². The molecule has 0 spiro atoms. The standard InChI is InChI=1S/C23H29N3O/c1-16-7-6-10-21(17(16)2)26-13-11-25(12-14-26)15-22(27)23-18(3)24-20-9-5-4-8-19(20)23/h4-10,22,24,27H,11-15H2,1-3H3/p+1/t22-/m0/s1. The number of nitrogens with one attached hydrogen (secondary N) is 2. The molecule has 4 rings (SSSR count). The zero-order valence-corrected chi connectivity index (χ0v) is 16.5. The lowest BCUT2D eigenvalue weighted by molar-refractivity contribution is -0.904. The molecule has 2 aromatic carbocycles. The number of benzene rings is 2. The highest BCUT2D eigenvalue weighted by Gasteiger charge is 2.26. The van der Waals surface area contributed by atoms with Gasteiger partial charge in [0.05, 0.1) is 26.2 Å². The van der Waals surface area contributed by atoms with Crippen LogP contribution in [0.2, 0.25) is 0 Å². The second-order valence-electron chi connectivity index (χ2n) is 7.89. The number of H-pyrrole nitrogens is 1. The zero-order valence-electron chi connectivity index (χ0n) is 16.5. The Bertz CT molecular complexity index is 938. The minimum Gasteiger partial charge on any atom is -0.382 e. The molecule has 1 fully saturated rings. The molecule has 0 saturated carbocycles. The summed E-state index contributed by atoms with van der Waals surface area (Å²) in [5, 5.41) is 12.1. The number of hydrogen-bond donors (Lipinski definition) is 3. The largest absolute Gasteiger partial charge is 0.382 e. The number of aryl methyl sites for hydroxylation is 2. The summed E-state index contributed by atoms with van der Waals surface area (Å²) >= 11 is 0. The molecule has 1 aliphatic heterocycles. The van der Waals surface area contributed by atoms with E-state index in [9.17, 15) is 5.11 Å². The number of nitrogens with zero attached hydrogens (tertiary/aromatic N) is 1. The highest BCUT2D eigenvalue weighted by Crippen LogP contribution is 2.27. The molecule has 2 heterocycles. The van der Waals surface area contributed by atoms with Crippen molar-refractivity contribution in [1.82, 2.24) is 4.98 Å². The van der Waals surface area contributed by atoms with Crippen molar-refractivity contribution >= 4 is 16.6 Å². The van der Waals surface area contributed by atoms with E-state index in [-0.39, 0.29) is 0 Å². The van der Waals surface area contributed by atoms with E-state index in [0.29, 0.717) is 0 Å². The van der Waals surface area contributed by atoms with Crippen LogP contribution in [0.3, 0.4) is 0 Å². The lowest BCUT2D eigenvalue weighted by Gasteiger charge is -2.35. The van der Waals surface area contributed by atoms with E-state index in [2.05, 4.69) is 61.0 Å². The first-order valence-electron chi connectivity index (χ1n) is 9.94. The monoisotopic (exact) mass is 364 g/mol. The van der Waals surface area contributed by atoms with Crippen molar-refractivity contribution in [3.8, 4) is 0 Å². The van der Waals surface area contributed by atoms with Gasteiger partial charge in [0.1, 0.15) is 12.6 Å². The number of rotatable bonds is 4.